The lowest BCUT2D eigenvalue weighted by Crippen LogP contribution is -2.14. The first kappa shape index (κ1) is 16.7. The first-order chi connectivity index (χ1) is 11.0. The minimum absolute atomic E-state index is 0.0347. The van der Waals surface area contributed by atoms with Gasteiger partial charge in [0.1, 0.15) is 16.2 Å². The molecular formula is C16H14IN3OS2. The van der Waals surface area contributed by atoms with Crippen LogP contribution in [-0.4, -0.2) is 21.6 Å². The van der Waals surface area contributed by atoms with Crippen molar-refractivity contribution in [1.29, 1.82) is 0 Å². The van der Waals surface area contributed by atoms with Crippen molar-refractivity contribution in [2.24, 2.45) is 0 Å². The van der Waals surface area contributed by atoms with Crippen LogP contribution < -0.4 is 5.32 Å². The maximum Gasteiger partial charge on any atom is 0.234 e. The predicted molar refractivity (Wildman–Crippen MR) is 105 cm³/mol. The zero-order valence-corrected chi connectivity index (χ0v) is 16.4. The molecule has 0 unspecified atom stereocenters. The summed E-state index contributed by atoms with van der Waals surface area (Å²) in [5.74, 6) is 0.291. The number of nitrogens with zero attached hydrogens (tertiary/aromatic N) is 2. The van der Waals surface area contributed by atoms with Gasteiger partial charge in [-0.05, 0) is 66.3 Å². The average Bonchev–Trinajstić information content (AvgIpc) is 2.83. The molecule has 0 aliphatic carbocycles. The Morgan fingerprint density at radius 2 is 2.00 bits per heavy atom. The molecule has 1 amide bonds. The molecule has 2 aromatic heterocycles. The number of rotatable bonds is 4. The van der Waals surface area contributed by atoms with Crippen molar-refractivity contribution in [2.75, 3.05) is 11.1 Å². The second-order valence-corrected chi connectivity index (χ2v) is 8.40. The summed E-state index contributed by atoms with van der Waals surface area (Å²) >= 11 is 5.35. The van der Waals surface area contributed by atoms with Crippen molar-refractivity contribution >= 4 is 67.5 Å². The molecule has 0 atom stereocenters. The molecule has 0 aliphatic rings. The zero-order chi connectivity index (χ0) is 16.4. The van der Waals surface area contributed by atoms with Gasteiger partial charge in [0.2, 0.25) is 5.91 Å². The van der Waals surface area contributed by atoms with Gasteiger partial charge in [-0.1, -0.05) is 11.8 Å². The lowest BCUT2D eigenvalue weighted by atomic mass is 10.2. The molecule has 0 bridgehead atoms. The first-order valence-corrected chi connectivity index (χ1v) is 9.81. The number of hydrogen-bond acceptors (Lipinski definition) is 5. The van der Waals surface area contributed by atoms with Crippen LogP contribution in [0.5, 0.6) is 0 Å². The summed E-state index contributed by atoms with van der Waals surface area (Å²) in [4.78, 5) is 23.0. The molecule has 4 nitrogen and oxygen atoms in total. The van der Waals surface area contributed by atoms with Crippen molar-refractivity contribution in [3.8, 4) is 0 Å². The smallest absolute Gasteiger partial charge is 0.234 e. The maximum atomic E-state index is 12.1. The molecule has 23 heavy (non-hydrogen) atoms. The molecule has 2 heterocycles. The Morgan fingerprint density at radius 3 is 2.74 bits per heavy atom. The Balaban J connectivity index is 1.71. The predicted octanol–water partition coefficient (Wildman–Crippen LogP) is 4.64. The van der Waals surface area contributed by atoms with Gasteiger partial charge < -0.3 is 5.32 Å². The number of aromatic nitrogens is 2. The van der Waals surface area contributed by atoms with Gasteiger partial charge in [-0.25, -0.2) is 9.97 Å². The number of halogens is 1. The van der Waals surface area contributed by atoms with Crippen LogP contribution in [0.1, 0.15) is 10.4 Å². The van der Waals surface area contributed by atoms with E-state index in [1.165, 1.54) is 22.2 Å². The number of carbonyl (C=O) groups excluding carboxylic acids is 1. The summed E-state index contributed by atoms with van der Waals surface area (Å²) in [6.07, 6.45) is 1.57. The average molecular weight is 455 g/mol. The van der Waals surface area contributed by atoms with Gasteiger partial charge in [-0.2, -0.15) is 0 Å². The van der Waals surface area contributed by atoms with Crippen LogP contribution in [0, 0.1) is 17.4 Å². The van der Waals surface area contributed by atoms with Gasteiger partial charge in [-0.15, -0.1) is 11.3 Å². The third-order valence-corrected chi connectivity index (χ3v) is 6.22. The Labute approximate surface area is 156 Å². The van der Waals surface area contributed by atoms with Crippen molar-refractivity contribution in [3.63, 3.8) is 0 Å². The highest BCUT2D eigenvalue weighted by atomic mass is 127. The van der Waals surface area contributed by atoms with Crippen LogP contribution in [0.25, 0.3) is 10.2 Å². The largest absolute Gasteiger partial charge is 0.325 e. The van der Waals surface area contributed by atoms with Crippen LogP contribution >= 0.6 is 45.7 Å². The summed E-state index contributed by atoms with van der Waals surface area (Å²) in [6, 6.07) is 7.74. The van der Waals surface area contributed by atoms with E-state index in [9.17, 15) is 4.79 Å². The van der Waals surface area contributed by atoms with E-state index >= 15 is 0 Å². The lowest BCUT2D eigenvalue weighted by Gasteiger charge is -2.06. The fourth-order valence-corrected chi connectivity index (χ4v) is 4.40. The number of fused-ring (bicyclic) bond motifs is 1. The van der Waals surface area contributed by atoms with Gasteiger partial charge in [0.05, 0.1) is 5.75 Å². The summed E-state index contributed by atoms with van der Waals surface area (Å²) < 4.78 is 1.14. The molecule has 3 aromatic rings. The number of benzene rings is 1. The van der Waals surface area contributed by atoms with Crippen molar-refractivity contribution in [3.05, 3.63) is 44.6 Å². The third kappa shape index (κ3) is 3.84. The van der Waals surface area contributed by atoms with E-state index in [0.29, 0.717) is 5.75 Å². The number of anilines is 1. The fraction of sp³-hybridized carbons (Fsp3) is 0.188. The van der Waals surface area contributed by atoms with Crippen LogP contribution in [0.15, 0.2) is 35.6 Å². The molecule has 7 heteroatoms. The SMILES string of the molecule is Cc1sc2ncnc(SCC(=O)Nc3ccc(I)cc3)c2c1C. The van der Waals surface area contributed by atoms with E-state index in [1.807, 2.05) is 24.3 Å². The number of amides is 1. The summed E-state index contributed by atoms with van der Waals surface area (Å²) in [5, 5.41) is 4.84. The molecule has 0 aliphatic heterocycles. The maximum absolute atomic E-state index is 12.1. The molecular weight excluding hydrogens is 441 g/mol. The molecule has 1 aromatic carbocycles. The fourth-order valence-electron chi connectivity index (χ4n) is 2.12. The van der Waals surface area contributed by atoms with E-state index in [4.69, 9.17) is 0 Å². The van der Waals surface area contributed by atoms with Gasteiger partial charge in [0, 0.05) is 19.5 Å². The number of thiophene rings is 1. The Kier molecular flexibility index (Phi) is 5.17. The second-order valence-electron chi connectivity index (χ2n) is 4.99. The molecule has 118 valence electrons. The second kappa shape index (κ2) is 7.14. The quantitative estimate of drug-likeness (QED) is 0.354. The van der Waals surface area contributed by atoms with E-state index in [0.717, 1.165) is 24.5 Å². The summed E-state index contributed by atoms with van der Waals surface area (Å²) in [6.45, 7) is 4.16. The number of thioether (sulfide) groups is 1. The lowest BCUT2D eigenvalue weighted by molar-refractivity contribution is -0.113. The Bertz CT molecular complexity index is 862. The molecule has 3 rings (SSSR count). The van der Waals surface area contributed by atoms with E-state index in [-0.39, 0.29) is 5.91 Å². The van der Waals surface area contributed by atoms with Crippen LogP contribution in [0.2, 0.25) is 0 Å². The van der Waals surface area contributed by atoms with Crippen molar-refractivity contribution in [1.82, 2.24) is 9.97 Å². The standard InChI is InChI=1S/C16H14IN3OS2/c1-9-10(2)23-16-14(9)15(18-8-19-16)22-7-13(21)20-12-5-3-11(17)4-6-12/h3-6,8H,7H2,1-2H3,(H,20,21). The Morgan fingerprint density at radius 1 is 1.26 bits per heavy atom. The molecule has 0 fully saturated rings. The normalized spacial score (nSPS) is 10.9. The van der Waals surface area contributed by atoms with E-state index in [1.54, 1.807) is 17.7 Å². The summed E-state index contributed by atoms with van der Waals surface area (Å²) in [5.41, 5.74) is 2.01. The van der Waals surface area contributed by atoms with E-state index in [2.05, 4.69) is 51.7 Å². The molecule has 0 saturated carbocycles. The summed E-state index contributed by atoms with van der Waals surface area (Å²) in [7, 11) is 0. The number of carbonyl (C=O) groups is 1. The topological polar surface area (TPSA) is 54.9 Å². The molecule has 0 spiro atoms. The highest BCUT2D eigenvalue weighted by Crippen LogP contribution is 2.34. The van der Waals surface area contributed by atoms with Crippen molar-refractivity contribution < 1.29 is 4.79 Å². The van der Waals surface area contributed by atoms with Gasteiger partial charge in [0.25, 0.3) is 0 Å². The monoisotopic (exact) mass is 455 g/mol. The molecule has 0 saturated heterocycles. The Hall–Kier alpha value is -1.19. The molecule has 0 radical (unpaired) electrons. The van der Waals surface area contributed by atoms with E-state index < -0.39 is 0 Å². The number of hydrogen-bond donors (Lipinski definition) is 1. The minimum Gasteiger partial charge on any atom is -0.325 e. The first-order valence-electron chi connectivity index (χ1n) is 6.93. The highest BCUT2D eigenvalue weighted by Gasteiger charge is 2.13. The number of nitrogens with one attached hydrogen (secondary N) is 1. The minimum atomic E-state index is -0.0347. The highest BCUT2D eigenvalue weighted by molar-refractivity contribution is 14.1. The van der Waals surface area contributed by atoms with Crippen LogP contribution in [-0.2, 0) is 4.79 Å². The molecule has 1 N–H and O–H groups in total. The van der Waals surface area contributed by atoms with Crippen LogP contribution in [0.3, 0.4) is 0 Å². The third-order valence-electron chi connectivity index (χ3n) is 3.40. The van der Waals surface area contributed by atoms with Crippen LogP contribution in [0.4, 0.5) is 5.69 Å². The number of aryl methyl sites for hydroxylation is 2. The van der Waals surface area contributed by atoms with Gasteiger partial charge in [0.15, 0.2) is 0 Å². The van der Waals surface area contributed by atoms with Gasteiger partial charge in [-0.3, -0.25) is 4.79 Å². The van der Waals surface area contributed by atoms with Gasteiger partial charge >= 0.3 is 0 Å². The van der Waals surface area contributed by atoms with Crippen molar-refractivity contribution in [2.45, 2.75) is 18.9 Å². The zero-order valence-electron chi connectivity index (χ0n) is 12.6.